The van der Waals surface area contributed by atoms with Crippen LogP contribution in [0.25, 0.3) is 11.4 Å². The molecule has 2 aliphatic heterocycles. The summed E-state index contributed by atoms with van der Waals surface area (Å²) in [7, 11) is 5.69. The normalized spacial score (nSPS) is 19.0. The Labute approximate surface area is 164 Å². The van der Waals surface area contributed by atoms with Gasteiger partial charge in [0.05, 0.1) is 18.2 Å². The maximum atomic E-state index is 13.0. The van der Waals surface area contributed by atoms with Crippen LogP contribution >= 0.6 is 0 Å². The number of aromatic nitrogens is 3. The first-order valence-electron chi connectivity index (χ1n) is 9.44. The van der Waals surface area contributed by atoms with E-state index in [1.54, 1.807) is 24.3 Å². The van der Waals surface area contributed by atoms with Crippen molar-refractivity contribution in [3.8, 4) is 11.4 Å². The van der Waals surface area contributed by atoms with Crippen molar-refractivity contribution in [2.75, 3.05) is 39.1 Å². The second-order valence-electron chi connectivity index (χ2n) is 7.61. The number of nitrogens with zero attached hydrogens (tertiary/aromatic N) is 6. The maximum absolute atomic E-state index is 13.0. The maximum Gasteiger partial charge on any atom is 0.228 e. The minimum Gasteiger partial charge on any atom is -0.362 e. The Hall–Kier alpha value is -3.03. The zero-order valence-electron chi connectivity index (χ0n) is 16.4. The molecular formula is C20H24N6O2. The van der Waals surface area contributed by atoms with Gasteiger partial charge in [-0.15, -0.1) is 0 Å². The summed E-state index contributed by atoms with van der Waals surface area (Å²) >= 11 is 0. The third kappa shape index (κ3) is 3.30. The van der Waals surface area contributed by atoms with Crippen molar-refractivity contribution < 1.29 is 9.59 Å². The highest BCUT2D eigenvalue weighted by molar-refractivity contribution is 5.89. The minimum absolute atomic E-state index is 0.0351. The lowest BCUT2D eigenvalue weighted by atomic mass is 10.0. The van der Waals surface area contributed by atoms with Crippen molar-refractivity contribution in [2.24, 2.45) is 5.92 Å². The largest absolute Gasteiger partial charge is 0.362 e. The Morgan fingerprint density at radius 3 is 2.61 bits per heavy atom. The fraction of sp³-hybridized carbons (Fsp3) is 0.450. The van der Waals surface area contributed by atoms with Crippen LogP contribution in [0.5, 0.6) is 0 Å². The summed E-state index contributed by atoms with van der Waals surface area (Å²) in [6.07, 6.45) is 4.45. The van der Waals surface area contributed by atoms with Gasteiger partial charge in [0.15, 0.2) is 5.82 Å². The molecule has 0 bridgehead atoms. The van der Waals surface area contributed by atoms with E-state index in [2.05, 4.69) is 4.98 Å². The zero-order chi connectivity index (χ0) is 19.8. The van der Waals surface area contributed by atoms with Crippen LogP contribution in [0.4, 0.5) is 5.82 Å². The number of anilines is 1. The van der Waals surface area contributed by atoms with Gasteiger partial charge in [-0.2, -0.15) is 0 Å². The van der Waals surface area contributed by atoms with Crippen molar-refractivity contribution in [1.29, 1.82) is 0 Å². The van der Waals surface area contributed by atoms with E-state index in [1.807, 2.05) is 36.0 Å². The monoisotopic (exact) mass is 380 g/mol. The average molecular weight is 380 g/mol. The number of carbonyl (C=O) groups excluding carboxylic acids is 2. The predicted octanol–water partition coefficient (Wildman–Crippen LogP) is 0.968. The number of carbonyl (C=O) groups is 2. The molecule has 1 fully saturated rings. The first kappa shape index (κ1) is 18.3. The van der Waals surface area contributed by atoms with Crippen LogP contribution < -0.4 is 4.90 Å². The van der Waals surface area contributed by atoms with Gasteiger partial charge in [0.2, 0.25) is 11.8 Å². The molecule has 28 heavy (non-hydrogen) atoms. The molecule has 0 N–H and O–H groups in total. The van der Waals surface area contributed by atoms with E-state index in [0.717, 1.165) is 22.6 Å². The highest BCUT2D eigenvalue weighted by Gasteiger charge is 2.36. The highest BCUT2D eigenvalue weighted by Crippen LogP contribution is 2.30. The van der Waals surface area contributed by atoms with Gasteiger partial charge in [-0.3, -0.25) is 14.6 Å². The van der Waals surface area contributed by atoms with Gasteiger partial charge in [0.25, 0.3) is 0 Å². The summed E-state index contributed by atoms with van der Waals surface area (Å²) in [6, 6.07) is 3.76. The standard InChI is InChI=1S/C20H24N6O2/c1-24(2)19-15-6-9-26(20(28)14-10-17(27)25(3)11-14)12-16(15)22-18(23-19)13-4-7-21-8-5-13/h4-5,7-8,14H,6,9-12H2,1-3H3. The lowest BCUT2D eigenvalue weighted by Crippen LogP contribution is -2.41. The Balaban J connectivity index is 1.64. The van der Waals surface area contributed by atoms with E-state index in [9.17, 15) is 9.59 Å². The molecule has 8 heteroatoms. The summed E-state index contributed by atoms with van der Waals surface area (Å²) in [5, 5.41) is 0. The van der Waals surface area contributed by atoms with Crippen LogP contribution in [0.2, 0.25) is 0 Å². The van der Waals surface area contributed by atoms with Gasteiger partial charge < -0.3 is 14.7 Å². The van der Waals surface area contributed by atoms with Crippen LogP contribution in [0.1, 0.15) is 17.7 Å². The number of rotatable bonds is 3. The number of pyridine rings is 1. The Morgan fingerprint density at radius 1 is 1.21 bits per heavy atom. The predicted molar refractivity (Wildman–Crippen MR) is 104 cm³/mol. The number of amides is 2. The van der Waals surface area contributed by atoms with Gasteiger partial charge in [-0.05, 0) is 18.6 Å². The quantitative estimate of drug-likeness (QED) is 0.789. The number of hydrogen-bond donors (Lipinski definition) is 0. The van der Waals surface area contributed by atoms with Gasteiger partial charge in [0, 0.05) is 64.2 Å². The molecule has 8 nitrogen and oxygen atoms in total. The van der Waals surface area contributed by atoms with Crippen LogP contribution in [-0.4, -0.2) is 70.8 Å². The molecule has 2 aliphatic rings. The molecule has 1 unspecified atom stereocenters. The van der Waals surface area contributed by atoms with Gasteiger partial charge in [-0.1, -0.05) is 0 Å². The zero-order valence-corrected chi connectivity index (χ0v) is 16.4. The number of hydrogen-bond acceptors (Lipinski definition) is 6. The van der Waals surface area contributed by atoms with Crippen molar-refractivity contribution in [3.63, 3.8) is 0 Å². The highest BCUT2D eigenvalue weighted by atomic mass is 16.2. The molecule has 1 saturated heterocycles. The molecule has 4 rings (SSSR count). The molecule has 2 amide bonds. The Bertz CT molecular complexity index is 914. The van der Waals surface area contributed by atoms with Crippen molar-refractivity contribution in [3.05, 3.63) is 35.8 Å². The molecule has 0 spiro atoms. The third-order valence-electron chi connectivity index (χ3n) is 5.41. The summed E-state index contributed by atoms with van der Waals surface area (Å²) in [5.41, 5.74) is 2.86. The lowest BCUT2D eigenvalue weighted by Gasteiger charge is -2.32. The molecule has 0 saturated carbocycles. The van der Waals surface area contributed by atoms with Crippen LogP contribution in [0.3, 0.4) is 0 Å². The van der Waals surface area contributed by atoms with Gasteiger partial charge in [-0.25, -0.2) is 9.97 Å². The van der Waals surface area contributed by atoms with E-state index in [1.165, 1.54) is 0 Å². The summed E-state index contributed by atoms with van der Waals surface area (Å²) in [6.45, 7) is 1.57. The smallest absolute Gasteiger partial charge is 0.228 e. The molecule has 2 aromatic heterocycles. The van der Waals surface area contributed by atoms with Crippen molar-refractivity contribution >= 4 is 17.6 Å². The molecule has 146 valence electrons. The first-order valence-corrected chi connectivity index (χ1v) is 9.44. The summed E-state index contributed by atoms with van der Waals surface area (Å²) in [5.74, 6) is 1.34. The van der Waals surface area contributed by atoms with Crippen LogP contribution in [0.15, 0.2) is 24.5 Å². The van der Waals surface area contributed by atoms with Crippen LogP contribution in [-0.2, 0) is 22.6 Å². The topological polar surface area (TPSA) is 82.5 Å². The molecule has 0 aliphatic carbocycles. The Morgan fingerprint density at radius 2 is 1.96 bits per heavy atom. The number of fused-ring (bicyclic) bond motifs is 1. The summed E-state index contributed by atoms with van der Waals surface area (Å²) in [4.78, 5) is 43.8. The molecule has 1 atom stereocenters. The fourth-order valence-corrected chi connectivity index (χ4v) is 3.89. The minimum atomic E-state index is -0.256. The van der Waals surface area contributed by atoms with E-state index in [-0.39, 0.29) is 17.7 Å². The van der Waals surface area contributed by atoms with Gasteiger partial charge >= 0.3 is 0 Å². The number of likely N-dealkylation sites (tertiary alicyclic amines) is 1. The average Bonchev–Trinajstić information content (AvgIpc) is 3.05. The van der Waals surface area contributed by atoms with E-state index in [4.69, 9.17) is 9.97 Å². The molecule has 0 aromatic carbocycles. The Kier molecular flexibility index (Phi) is 4.70. The first-order chi connectivity index (χ1) is 13.4. The fourth-order valence-electron chi connectivity index (χ4n) is 3.89. The summed E-state index contributed by atoms with van der Waals surface area (Å²) < 4.78 is 0. The third-order valence-corrected chi connectivity index (χ3v) is 5.41. The van der Waals surface area contributed by atoms with Gasteiger partial charge in [0.1, 0.15) is 5.82 Å². The molecular weight excluding hydrogens is 356 g/mol. The second kappa shape index (κ2) is 7.18. The van der Waals surface area contributed by atoms with Crippen LogP contribution in [0, 0.1) is 5.92 Å². The van der Waals surface area contributed by atoms with E-state index < -0.39 is 0 Å². The molecule has 0 radical (unpaired) electrons. The second-order valence-corrected chi connectivity index (χ2v) is 7.61. The van der Waals surface area contributed by atoms with E-state index in [0.29, 0.717) is 38.3 Å². The SMILES string of the molecule is CN1CC(C(=O)N2CCc3c(nc(-c4ccncc4)nc3N(C)C)C2)CC1=O. The van der Waals surface area contributed by atoms with E-state index >= 15 is 0 Å². The molecule has 2 aromatic rings. The lowest BCUT2D eigenvalue weighted by molar-refractivity contribution is -0.136. The van der Waals surface area contributed by atoms with Crippen molar-refractivity contribution in [2.45, 2.75) is 19.4 Å². The van der Waals surface area contributed by atoms with Crippen molar-refractivity contribution in [1.82, 2.24) is 24.8 Å². The molecule has 4 heterocycles.